The normalized spacial score (nSPS) is 30.6. The van der Waals surface area contributed by atoms with E-state index in [0.29, 0.717) is 0 Å². The zero-order valence-corrected chi connectivity index (χ0v) is 7.40. The van der Waals surface area contributed by atoms with Gasteiger partial charge in [0, 0.05) is 30.9 Å². The molecule has 1 aliphatic heterocycles. The first-order valence-electron chi connectivity index (χ1n) is 4.78. The molecule has 2 nitrogen and oxygen atoms in total. The third kappa shape index (κ3) is 1.10. The van der Waals surface area contributed by atoms with Crippen molar-refractivity contribution in [3.05, 3.63) is 36.2 Å². The fourth-order valence-corrected chi connectivity index (χ4v) is 2.15. The van der Waals surface area contributed by atoms with E-state index in [-0.39, 0.29) is 0 Å². The lowest BCUT2D eigenvalue weighted by Crippen LogP contribution is -2.49. The Morgan fingerprint density at radius 3 is 3.00 bits per heavy atom. The highest BCUT2D eigenvalue weighted by Crippen LogP contribution is 2.35. The number of aromatic nitrogens is 1. The Morgan fingerprint density at radius 1 is 1.46 bits per heavy atom. The number of hydrogen-bond donors (Lipinski definition) is 1. The minimum absolute atomic E-state index is 0.718. The Hall–Kier alpha value is -1.15. The van der Waals surface area contributed by atoms with Gasteiger partial charge in [0.25, 0.3) is 0 Å². The van der Waals surface area contributed by atoms with Crippen LogP contribution in [0.2, 0.25) is 0 Å². The molecule has 2 atom stereocenters. The first-order valence-corrected chi connectivity index (χ1v) is 4.78. The van der Waals surface area contributed by atoms with Crippen LogP contribution in [0, 0.1) is 5.92 Å². The summed E-state index contributed by atoms with van der Waals surface area (Å²) in [7, 11) is 0. The second-order valence-corrected chi connectivity index (χ2v) is 3.82. The maximum atomic E-state index is 4.14. The summed E-state index contributed by atoms with van der Waals surface area (Å²) in [5.74, 6) is 0.787. The summed E-state index contributed by atoms with van der Waals surface area (Å²) in [6, 6.07) is 4.86. The van der Waals surface area contributed by atoms with Crippen molar-refractivity contribution in [3.63, 3.8) is 0 Å². The Balaban J connectivity index is 1.91. The Labute approximate surface area is 77.7 Å². The molecule has 0 aromatic carbocycles. The molecular weight excluding hydrogens is 160 g/mol. The molecule has 13 heavy (non-hydrogen) atoms. The lowest BCUT2D eigenvalue weighted by Gasteiger charge is -2.31. The van der Waals surface area contributed by atoms with E-state index >= 15 is 0 Å². The van der Waals surface area contributed by atoms with Crippen LogP contribution in [-0.4, -0.2) is 17.6 Å². The van der Waals surface area contributed by atoms with Gasteiger partial charge in [0.15, 0.2) is 0 Å². The SMILES string of the molecule is C1=C(c2cccnc2)C[C@@H]2NC[C@H]12. The minimum atomic E-state index is 0.718. The highest BCUT2D eigenvalue weighted by molar-refractivity contribution is 5.68. The van der Waals surface area contributed by atoms with Crippen molar-refractivity contribution in [2.45, 2.75) is 12.5 Å². The molecule has 1 aromatic rings. The fraction of sp³-hybridized carbons (Fsp3) is 0.364. The summed E-state index contributed by atoms with van der Waals surface area (Å²) in [6.45, 7) is 1.16. The number of rotatable bonds is 1. The zero-order valence-electron chi connectivity index (χ0n) is 7.40. The van der Waals surface area contributed by atoms with Crippen molar-refractivity contribution in [3.8, 4) is 0 Å². The van der Waals surface area contributed by atoms with Gasteiger partial charge in [-0.3, -0.25) is 4.98 Å². The number of nitrogens with zero attached hydrogens (tertiary/aromatic N) is 1. The molecule has 1 saturated heterocycles. The summed E-state index contributed by atoms with van der Waals surface area (Å²) in [4.78, 5) is 4.14. The molecule has 0 bridgehead atoms. The largest absolute Gasteiger partial charge is 0.312 e. The molecule has 2 aliphatic rings. The van der Waals surface area contributed by atoms with Gasteiger partial charge in [0.05, 0.1) is 0 Å². The van der Waals surface area contributed by atoms with Gasteiger partial charge in [-0.15, -0.1) is 0 Å². The van der Waals surface area contributed by atoms with Crippen LogP contribution < -0.4 is 5.32 Å². The van der Waals surface area contributed by atoms with Crippen LogP contribution in [0.4, 0.5) is 0 Å². The second-order valence-electron chi connectivity index (χ2n) is 3.82. The maximum Gasteiger partial charge on any atom is 0.0342 e. The smallest absolute Gasteiger partial charge is 0.0342 e. The first-order chi connectivity index (χ1) is 6.43. The van der Waals surface area contributed by atoms with Crippen molar-refractivity contribution in [1.29, 1.82) is 0 Å². The molecule has 1 fully saturated rings. The molecular formula is C11H12N2. The zero-order chi connectivity index (χ0) is 8.67. The van der Waals surface area contributed by atoms with E-state index in [2.05, 4.69) is 22.4 Å². The van der Waals surface area contributed by atoms with E-state index in [9.17, 15) is 0 Å². The molecule has 3 rings (SSSR count). The van der Waals surface area contributed by atoms with Crippen LogP contribution in [0.25, 0.3) is 5.57 Å². The fourth-order valence-electron chi connectivity index (χ4n) is 2.15. The van der Waals surface area contributed by atoms with Gasteiger partial charge in [-0.1, -0.05) is 12.1 Å². The summed E-state index contributed by atoms with van der Waals surface area (Å²) in [5, 5.41) is 3.43. The summed E-state index contributed by atoms with van der Waals surface area (Å²) >= 11 is 0. The summed E-state index contributed by atoms with van der Waals surface area (Å²) in [5.41, 5.74) is 2.76. The monoisotopic (exact) mass is 172 g/mol. The molecule has 2 heteroatoms. The average molecular weight is 172 g/mol. The highest BCUT2D eigenvalue weighted by Gasteiger charge is 2.34. The minimum Gasteiger partial charge on any atom is -0.312 e. The van der Waals surface area contributed by atoms with Crippen molar-refractivity contribution in [2.24, 2.45) is 5.92 Å². The van der Waals surface area contributed by atoms with Gasteiger partial charge in [-0.2, -0.15) is 0 Å². The molecule has 1 N–H and O–H groups in total. The predicted octanol–water partition coefficient (Wildman–Crippen LogP) is 1.46. The van der Waals surface area contributed by atoms with Gasteiger partial charge in [0.2, 0.25) is 0 Å². The molecule has 0 radical (unpaired) electrons. The van der Waals surface area contributed by atoms with Crippen molar-refractivity contribution in [1.82, 2.24) is 10.3 Å². The van der Waals surface area contributed by atoms with Gasteiger partial charge in [0.1, 0.15) is 0 Å². The van der Waals surface area contributed by atoms with Crippen molar-refractivity contribution < 1.29 is 0 Å². The van der Waals surface area contributed by atoms with Crippen molar-refractivity contribution in [2.75, 3.05) is 6.54 Å². The second kappa shape index (κ2) is 2.67. The van der Waals surface area contributed by atoms with Crippen LogP contribution in [0.15, 0.2) is 30.6 Å². The Kier molecular flexibility index (Phi) is 1.49. The molecule has 66 valence electrons. The van der Waals surface area contributed by atoms with Gasteiger partial charge in [-0.05, 0) is 23.6 Å². The summed E-state index contributed by atoms with van der Waals surface area (Å²) in [6.07, 6.45) is 7.36. The van der Waals surface area contributed by atoms with Gasteiger partial charge >= 0.3 is 0 Å². The van der Waals surface area contributed by atoms with E-state index < -0.39 is 0 Å². The number of nitrogens with one attached hydrogen (secondary N) is 1. The molecule has 1 aromatic heterocycles. The van der Waals surface area contributed by atoms with Gasteiger partial charge in [-0.25, -0.2) is 0 Å². The topological polar surface area (TPSA) is 24.9 Å². The van der Waals surface area contributed by atoms with Crippen LogP contribution >= 0.6 is 0 Å². The van der Waals surface area contributed by atoms with Crippen LogP contribution in [0.1, 0.15) is 12.0 Å². The van der Waals surface area contributed by atoms with E-state index in [1.165, 1.54) is 17.6 Å². The molecule has 0 unspecified atom stereocenters. The van der Waals surface area contributed by atoms with E-state index in [0.717, 1.165) is 18.5 Å². The Morgan fingerprint density at radius 2 is 2.46 bits per heavy atom. The standard InChI is InChI=1S/C11H12N2/c1-2-8(6-12-3-1)9-4-10-7-13-11(10)5-9/h1-4,6,10-11,13H,5,7H2/t10-,11-/m0/s1. The van der Waals surface area contributed by atoms with E-state index in [1.54, 1.807) is 0 Å². The molecule has 0 saturated carbocycles. The highest BCUT2D eigenvalue weighted by atomic mass is 15.0. The molecule has 2 heterocycles. The number of pyridine rings is 1. The molecule has 0 amide bonds. The quantitative estimate of drug-likeness (QED) is 0.693. The molecule has 1 aliphatic carbocycles. The maximum absolute atomic E-state index is 4.14. The number of hydrogen-bond acceptors (Lipinski definition) is 2. The Bertz CT molecular complexity index is 342. The first kappa shape index (κ1) is 7.27. The average Bonchev–Trinajstić information content (AvgIpc) is 2.45. The predicted molar refractivity (Wildman–Crippen MR) is 52.1 cm³/mol. The lowest BCUT2D eigenvalue weighted by molar-refractivity contribution is 0.306. The third-order valence-electron chi connectivity index (χ3n) is 3.02. The van der Waals surface area contributed by atoms with Crippen LogP contribution in [0.3, 0.4) is 0 Å². The van der Waals surface area contributed by atoms with E-state index in [4.69, 9.17) is 0 Å². The summed E-state index contributed by atoms with van der Waals surface area (Å²) < 4.78 is 0. The van der Waals surface area contributed by atoms with Crippen LogP contribution in [-0.2, 0) is 0 Å². The third-order valence-corrected chi connectivity index (χ3v) is 3.02. The molecule has 0 spiro atoms. The number of fused-ring (bicyclic) bond motifs is 1. The van der Waals surface area contributed by atoms with E-state index in [1.807, 2.05) is 18.5 Å². The van der Waals surface area contributed by atoms with Crippen LogP contribution in [0.5, 0.6) is 0 Å². The van der Waals surface area contributed by atoms with Gasteiger partial charge < -0.3 is 5.32 Å². The van der Waals surface area contributed by atoms with Crippen molar-refractivity contribution >= 4 is 5.57 Å². The lowest BCUT2D eigenvalue weighted by atomic mass is 9.95.